The van der Waals surface area contributed by atoms with Gasteiger partial charge in [-0.3, -0.25) is 4.68 Å². The van der Waals surface area contributed by atoms with E-state index in [0.717, 1.165) is 18.3 Å². The van der Waals surface area contributed by atoms with Gasteiger partial charge in [0, 0.05) is 30.9 Å². The van der Waals surface area contributed by atoms with Crippen LogP contribution in [0.3, 0.4) is 0 Å². The van der Waals surface area contributed by atoms with Crippen LogP contribution in [-0.2, 0) is 9.31 Å². The zero-order valence-corrected chi connectivity index (χ0v) is 18.6. The van der Waals surface area contributed by atoms with Crippen molar-refractivity contribution in [1.82, 2.24) is 14.7 Å². The Kier molecular flexibility index (Phi) is 5.59. The molecule has 0 saturated carbocycles. The van der Waals surface area contributed by atoms with Crippen molar-refractivity contribution in [1.29, 1.82) is 0 Å². The molecule has 1 aromatic carbocycles. The van der Waals surface area contributed by atoms with Crippen molar-refractivity contribution in [2.75, 3.05) is 18.4 Å². The first-order chi connectivity index (χ1) is 14.2. The highest BCUT2D eigenvalue weighted by molar-refractivity contribution is 6.62. The van der Waals surface area contributed by atoms with Crippen LogP contribution in [0.5, 0.6) is 0 Å². The van der Waals surface area contributed by atoms with Gasteiger partial charge in [0.25, 0.3) is 0 Å². The van der Waals surface area contributed by atoms with Crippen LogP contribution in [0.1, 0.15) is 46.6 Å². The molecule has 0 spiro atoms. The Hall–Kier alpha value is -2.03. The number of rotatable bonds is 3. The fourth-order valence-corrected chi connectivity index (χ4v) is 3.93. The van der Waals surface area contributed by atoms with Crippen LogP contribution in [0.2, 0.25) is 5.02 Å². The Balaban J connectivity index is 1.34. The van der Waals surface area contributed by atoms with Crippen molar-refractivity contribution in [2.45, 2.75) is 57.8 Å². The van der Waals surface area contributed by atoms with Gasteiger partial charge >= 0.3 is 13.1 Å². The molecule has 2 aliphatic rings. The van der Waals surface area contributed by atoms with Gasteiger partial charge in [-0.2, -0.15) is 5.10 Å². The van der Waals surface area contributed by atoms with Gasteiger partial charge in [0.15, 0.2) is 0 Å². The summed E-state index contributed by atoms with van der Waals surface area (Å²) in [6.07, 6.45) is 5.49. The molecule has 2 saturated heterocycles. The molecule has 3 heterocycles. The lowest BCUT2D eigenvalue weighted by Crippen LogP contribution is -2.41. The summed E-state index contributed by atoms with van der Waals surface area (Å²) in [7, 11) is -0.412. The van der Waals surface area contributed by atoms with Gasteiger partial charge in [0.1, 0.15) is 0 Å². The molecule has 7 nitrogen and oxygen atoms in total. The quantitative estimate of drug-likeness (QED) is 0.754. The number of carbonyl (C=O) groups excluding carboxylic acids is 1. The summed E-state index contributed by atoms with van der Waals surface area (Å²) in [6.45, 7) is 9.49. The number of halogens is 1. The number of para-hydroxylation sites is 1. The smallest absolute Gasteiger partial charge is 0.399 e. The molecule has 4 rings (SSSR count). The number of likely N-dealkylation sites (tertiary alicyclic amines) is 1. The van der Waals surface area contributed by atoms with Gasteiger partial charge in [0.05, 0.1) is 28.0 Å². The average molecular weight is 431 g/mol. The lowest BCUT2D eigenvalue weighted by molar-refractivity contribution is 0.00578. The topological polar surface area (TPSA) is 68.6 Å². The van der Waals surface area contributed by atoms with Crippen LogP contribution in [0.15, 0.2) is 36.7 Å². The maximum absolute atomic E-state index is 12.6. The van der Waals surface area contributed by atoms with E-state index in [1.807, 2.05) is 61.8 Å². The molecule has 2 aliphatic heterocycles. The molecule has 2 amide bonds. The van der Waals surface area contributed by atoms with E-state index in [1.165, 1.54) is 0 Å². The average Bonchev–Trinajstić information content (AvgIpc) is 3.26. The Labute approximate surface area is 182 Å². The Morgan fingerprint density at radius 2 is 1.80 bits per heavy atom. The second kappa shape index (κ2) is 7.91. The van der Waals surface area contributed by atoms with Gasteiger partial charge in [-0.25, -0.2) is 4.79 Å². The number of anilines is 1. The number of urea groups is 1. The summed E-state index contributed by atoms with van der Waals surface area (Å²) in [4.78, 5) is 14.4. The van der Waals surface area contributed by atoms with E-state index in [-0.39, 0.29) is 23.3 Å². The molecule has 0 radical (unpaired) electrons. The maximum Gasteiger partial charge on any atom is 0.498 e. The van der Waals surface area contributed by atoms with Gasteiger partial charge in [-0.05, 0) is 52.7 Å². The first kappa shape index (κ1) is 21.2. The molecule has 0 atom stereocenters. The van der Waals surface area contributed by atoms with E-state index in [0.29, 0.717) is 23.8 Å². The third-order valence-electron chi connectivity index (χ3n) is 6.39. The summed E-state index contributed by atoms with van der Waals surface area (Å²) < 4.78 is 14.2. The molecule has 0 aliphatic carbocycles. The zero-order chi connectivity index (χ0) is 21.5. The number of hydrogen-bond donors (Lipinski definition) is 1. The molecular formula is C21H28BClN4O3. The first-order valence-electron chi connectivity index (χ1n) is 10.4. The molecule has 30 heavy (non-hydrogen) atoms. The third-order valence-corrected chi connectivity index (χ3v) is 6.72. The number of nitrogens with zero attached hydrogens (tertiary/aromatic N) is 3. The van der Waals surface area contributed by atoms with E-state index in [4.69, 9.17) is 20.9 Å². The van der Waals surface area contributed by atoms with Crippen LogP contribution in [0, 0.1) is 0 Å². The minimum Gasteiger partial charge on any atom is -0.399 e. The number of aromatic nitrogens is 2. The predicted octanol–water partition coefficient (Wildman–Crippen LogP) is 3.70. The zero-order valence-electron chi connectivity index (χ0n) is 17.9. The third kappa shape index (κ3) is 4.09. The fourth-order valence-electron chi connectivity index (χ4n) is 3.74. The monoisotopic (exact) mass is 430 g/mol. The second-order valence-corrected chi connectivity index (χ2v) is 9.38. The van der Waals surface area contributed by atoms with Crippen LogP contribution < -0.4 is 10.8 Å². The fraction of sp³-hybridized carbons (Fsp3) is 0.524. The molecule has 2 fully saturated rings. The SMILES string of the molecule is CC1(C)OB(c2cnn(C3CCN(C(=O)Nc4ccccc4Cl)CC3)c2)OC1(C)C. The number of hydrogen-bond acceptors (Lipinski definition) is 4. The minimum absolute atomic E-state index is 0.125. The van der Waals surface area contributed by atoms with Gasteiger partial charge < -0.3 is 19.5 Å². The molecule has 2 aromatic rings. The largest absolute Gasteiger partial charge is 0.498 e. The van der Waals surface area contributed by atoms with Crippen LogP contribution in [-0.4, -0.2) is 52.1 Å². The van der Waals surface area contributed by atoms with Crippen molar-refractivity contribution in [3.63, 3.8) is 0 Å². The Morgan fingerprint density at radius 3 is 2.43 bits per heavy atom. The van der Waals surface area contributed by atoms with Crippen molar-refractivity contribution in [2.24, 2.45) is 0 Å². The number of nitrogens with one attached hydrogen (secondary N) is 1. The first-order valence-corrected chi connectivity index (χ1v) is 10.7. The Morgan fingerprint density at radius 1 is 1.17 bits per heavy atom. The van der Waals surface area contributed by atoms with E-state index >= 15 is 0 Å². The van der Waals surface area contributed by atoms with Crippen LogP contribution in [0.4, 0.5) is 10.5 Å². The molecule has 9 heteroatoms. The summed E-state index contributed by atoms with van der Waals surface area (Å²) in [5, 5.41) is 7.97. The highest BCUT2D eigenvalue weighted by Crippen LogP contribution is 2.36. The van der Waals surface area contributed by atoms with Crippen LogP contribution in [0.25, 0.3) is 0 Å². The number of carbonyl (C=O) groups is 1. The predicted molar refractivity (Wildman–Crippen MR) is 118 cm³/mol. The van der Waals surface area contributed by atoms with Crippen molar-refractivity contribution in [3.8, 4) is 0 Å². The van der Waals surface area contributed by atoms with Crippen molar-refractivity contribution >= 4 is 35.9 Å². The number of benzene rings is 1. The standard InChI is InChI=1S/C21H28BClN4O3/c1-20(2)21(3,4)30-22(29-20)15-13-24-27(14-15)16-9-11-26(12-10-16)19(28)25-18-8-6-5-7-17(18)23/h5-8,13-14,16H,9-12H2,1-4H3,(H,25,28). The normalized spacial score (nSPS) is 21.1. The maximum atomic E-state index is 12.6. The Bertz CT molecular complexity index is 908. The molecule has 1 N–H and O–H groups in total. The van der Waals surface area contributed by atoms with Gasteiger partial charge in [-0.15, -0.1) is 0 Å². The highest BCUT2D eigenvalue weighted by atomic mass is 35.5. The molecule has 0 bridgehead atoms. The van der Waals surface area contributed by atoms with E-state index < -0.39 is 7.12 Å². The summed E-state index contributed by atoms with van der Waals surface area (Å²) in [6, 6.07) is 7.37. The second-order valence-electron chi connectivity index (χ2n) is 8.97. The van der Waals surface area contributed by atoms with Gasteiger partial charge in [-0.1, -0.05) is 23.7 Å². The van der Waals surface area contributed by atoms with E-state index in [2.05, 4.69) is 10.4 Å². The van der Waals surface area contributed by atoms with E-state index in [1.54, 1.807) is 12.1 Å². The minimum atomic E-state index is -0.412. The highest BCUT2D eigenvalue weighted by Gasteiger charge is 2.52. The lowest BCUT2D eigenvalue weighted by atomic mass is 9.82. The molecule has 160 valence electrons. The summed E-state index contributed by atoms with van der Waals surface area (Å²) >= 11 is 6.14. The summed E-state index contributed by atoms with van der Waals surface area (Å²) in [5.74, 6) is 0. The summed E-state index contributed by atoms with van der Waals surface area (Å²) in [5.41, 5.74) is 0.804. The number of piperidine rings is 1. The van der Waals surface area contributed by atoms with E-state index in [9.17, 15) is 4.79 Å². The van der Waals surface area contributed by atoms with Crippen LogP contribution >= 0.6 is 11.6 Å². The van der Waals surface area contributed by atoms with Gasteiger partial charge in [0.2, 0.25) is 0 Å². The number of amides is 2. The molecular weight excluding hydrogens is 403 g/mol. The van der Waals surface area contributed by atoms with Crippen molar-refractivity contribution in [3.05, 3.63) is 41.7 Å². The van der Waals surface area contributed by atoms with Crippen molar-refractivity contribution < 1.29 is 14.1 Å². The molecule has 0 unspecified atom stereocenters. The molecule has 1 aromatic heterocycles. The lowest BCUT2D eigenvalue weighted by Gasteiger charge is -2.32.